The number of pyridine rings is 1. The molecule has 0 spiro atoms. The Balaban J connectivity index is 2.16. The summed E-state index contributed by atoms with van der Waals surface area (Å²) < 4.78 is 0. The van der Waals surface area contributed by atoms with Crippen molar-refractivity contribution in [3.63, 3.8) is 0 Å². The van der Waals surface area contributed by atoms with Crippen LogP contribution in [0.3, 0.4) is 0 Å². The molecule has 1 unspecified atom stereocenters. The minimum absolute atomic E-state index is 0.0184. The molecule has 0 aliphatic heterocycles. The van der Waals surface area contributed by atoms with E-state index in [4.69, 9.17) is 11.5 Å². The van der Waals surface area contributed by atoms with E-state index in [0.717, 1.165) is 5.69 Å². The molecule has 0 bridgehead atoms. The molecular weight excluding hydrogens is 216 g/mol. The smallest absolute Gasteiger partial charge is 0.223 e. The van der Waals surface area contributed by atoms with Crippen LogP contribution in [0.5, 0.6) is 0 Å². The number of anilines is 3. The first-order chi connectivity index (χ1) is 8.15. The molecule has 2 aromatic rings. The van der Waals surface area contributed by atoms with E-state index >= 15 is 0 Å². The molecule has 0 aliphatic carbocycles. The first kappa shape index (κ1) is 11.1. The van der Waals surface area contributed by atoms with E-state index in [-0.39, 0.29) is 12.0 Å². The second kappa shape index (κ2) is 4.65. The lowest BCUT2D eigenvalue weighted by molar-refractivity contribution is 0.831. The molecule has 0 amide bonds. The molecule has 6 nitrogen and oxygen atoms in total. The third kappa shape index (κ3) is 2.81. The molecule has 5 N–H and O–H groups in total. The Kier molecular flexibility index (Phi) is 3.04. The van der Waals surface area contributed by atoms with Gasteiger partial charge < -0.3 is 16.8 Å². The fourth-order valence-corrected chi connectivity index (χ4v) is 1.49. The molecule has 88 valence electrons. The van der Waals surface area contributed by atoms with Gasteiger partial charge in [-0.2, -0.15) is 9.97 Å². The summed E-state index contributed by atoms with van der Waals surface area (Å²) in [6.07, 6.45) is 1.75. The maximum absolute atomic E-state index is 5.59. The van der Waals surface area contributed by atoms with Gasteiger partial charge in [-0.3, -0.25) is 4.98 Å². The molecule has 17 heavy (non-hydrogen) atoms. The van der Waals surface area contributed by atoms with Crippen LogP contribution in [-0.2, 0) is 0 Å². The van der Waals surface area contributed by atoms with E-state index in [9.17, 15) is 0 Å². The van der Waals surface area contributed by atoms with Gasteiger partial charge in [0.1, 0.15) is 11.6 Å². The fourth-order valence-electron chi connectivity index (χ4n) is 1.49. The van der Waals surface area contributed by atoms with E-state index < -0.39 is 0 Å². The predicted octanol–water partition coefficient (Wildman–Crippen LogP) is 1.21. The monoisotopic (exact) mass is 230 g/mol. The molecule has 6 heteroatoms. The van der Waals surface area contributed by atoms with Crippen molar-refractivity contribution in [2.45, 2.75) is 13.0 Å². The second-order valence-electron chi connectivity index (χ2n) is 3.66. The largest absolute Gasteiger partial charge is 0.383 e. The highest BCUT2D eigenvalue weighted by atomic mass is 15.1. The Bertz CT molecular complexity index is 478. The molecule has 0 aromatic carbocycles. The van der Waals surface area contributed by atoms with Crippen LogP contribution in [0.15, 0.2) is 30.5 Å². The molecular formula is C11H14N6. The predicted molar refractivity (Wildman–Crippen MR) is 67.1 cm³/mol. The maximum atomic E-state index is 5.59. The van der Waals surface area contributed by atoms with Crippen LogP contribution in [0.1, 0.15) is 18.7 Å². The zero-order valence-corrected chi connectivity index (χ0v) is 9.46. The first-order valence-electron chi connectivity index (χ1n) is 5.22. The number of nitrogens with two attached hydrogens (primary N) is 2. The molecule has 0 saturated heterocycles. The highest BCUT2D eigenvalue weighted by Crippen LogP contribution is 2.17. The molecule has 0 aliphatic rings. The lowest BCUT2D eigenvalue weighted by Crippen LogP contribution is -2.11. The van der Waals surface area contributed by atoms with Gasteiger partial charge in [-0.15, -0.1) is 0 Å². The molecule has 0 saturated carbocycles. The number of nitrogens with zero attached hydrogens (tertiary/aromatic N) is 3. The minimum atomic E-state index is 0.0184. The zero-order chi connectivity index (χ0) is 12.3. The van der Waals surface area contributed by atoms with Gasteiger partial charge in [-0.05, 0) is 19.1 Å². The van der Waals surface area contributed by atoms with Crippen LogP contribution in [0.4, 0.5) is 17.6 Å². The first-order valence-corrected chi connectivity index (χ1v) is 5.22. The summed E-state index contributed by atoms with van der Waals surface area (Å²) in [5.74, 6) is 1.09. The fraction of sp³-hybridized carbons (Fsp3) is 0.182. The highest BCUT2D eigenvalue weighted by Gasteiger charge is 2.07. The summed E-state index contributed by atoms with van der Waals surface area (Å²) in [7, 11) is 0. The van der Waals surface area contributed by atoms with E-state index in [1.807, 2.05) is 25.1 Å². The van der Waals surface area contributed by atoms with Gasteiger partial charge in [0.25, 0.3) is 0 Å². The lowest BCUT2D eigenvalue weighted by Gasteiger charge is -2.14. The Labute approximate surface area is 99.1 Å². The van der Waals surface area contributed by atoms with E-state index in [1.54, 1.807) is 12.3 Å². The number of nitrogen functional groups attached to an aromatic ring is 2. The number of rotatable bonds is 3. The number of nitrogens with one attached hydrogen (secondary N) is 1. The van der Waals surface area contributed by atoms with Gasteiger partial charge in [0.05, 0.1) is 11.7 Å². The van der Waals surface area contributed by atoms with Crippen molar-refractivity contribution >= 4 is 17.6 Å². The second-order valence-corrected chi connectivity index (χ2v) is 3.66. The quantitative estimate of drug-likeness (QED) is 0.732. The third-order valence-electron chi connectivity index (χ3n) is 2.26. The highest BCUT2D eigenvalue weighted by molar-refractivity contribution is 5.49. The van der Waals surface area contributed by atoms with Crippen LogP contribution in [0.25, 0.3) is 0 Å². The van der Waals surface area contributed by atoms with Crippen molar-refractivity contribution in [1.82, 2.24) is 15.0 Å². The van der Waals surface area contributed by atoms with Crippen LogP contribution in [0, 0.1) is 0 Å². The summed E-state index contributed by atoms with van der Waals surface area (Å²) >= 11 is 0. The van der Waals surface area contributed by atoms with Crippen LogP contribution in [0.2, 0.25) is 0 Å². The molecule has 2 aromatic heterocycles. The molecule has 0 fully saturated rings. The summed E-state index contributed by atoms with van der Waals surface area (Å²) in [6, 6.07) is 7.39. The summed E-state index contributed by atoms with van der Waals surface area (Å²) in [6.45, 7) is 1.98. The zero-order valence-electron chi connectivity index (χ0n) is 9.46. The van der Waals surface area contributed by atoms with E-state index in [1.165, 1.54) is 0 Å². The average Bonchev–Trinajstić information content (AvgIpc) is 2.28. The van der Waals surface area contributed by atoms with Crippen molar-refractivity contribution < 1.29 is 0 Å². The van der Waals surface area contributed by atoms with Crippen molar-refractivity contribution in [2.24, 2.45) is 0 Å². The molecule has 0 radical (unpaired) electrons. The van der Waals surface area contributed by atoms with Gasteiger partial charge >= 0.3 is 0 Å². The molecule has 1 atom stereocenters. The van der Waals surface area contributed by atoms with Gasteiger partial charge in [0.2, 0.25) is 5.95 Å². The topological polar surface area (TPSA) is 103 Å². The number of aromatic nitrogens is 3. The number of hydrogen-bond acceptors (Lipinski definition) is 6. The standard InChI is InChI=1S/C11H14N6/c1-7(8-4-2-3-5-14-8)15-10-6-9(12)16-11(13)17-10/h2-7H,1H3,(H5,12,13,15,16,17). The van der Waals surface area contributed by atoms with E-state index in [0.29, 0.717) is 11.6 Å². The normalized spacial score (nSPS) is 12.1. The summed E-state index contributed by atoms with van der Waals surface area (Å²) in [5, 5.41) is 3.17. The van der Waals surface area contributed by atoms with Gasteiger partial charge in [-0.25, -0.2) is 0 Å². The van der Waals surface area contributed by atoms with Crippen molar-refractivity contribution in [3.05, 3.63) is 36.2 Å². The Hall–Kier alpha value is -2.37. The van der Waals surface area contributed by atoms with Crippen LogP contribution < -0.4 is 16.8 Å². The average molecular weight is 230 g/mol. The van der Waals surface area contributed by atoms with E-state index in [2.05, 4.69) is 20.3 Å². The van der Waals surface area contributed by atoms with Gasteiger partial charge in [-0.1, -0.05) is 6.07 Å². The van der Waals surface area contributed by atoms with Crippen molar-refractivity contribution in [2.75, 3.05) is 16.8 Å². The maximum Gasteiger partial charge on any atom is 0.223 e. The summed E-state index contributed by atoms with van der Waals surface area (Å²) in [5.41, 5.74) is 12.0. The van der Waals surface area contributed by atoms with Crippen LogP contribution >= 0.6 is 0 Å². The van der Waals surface area contributed by atoms with Gasteiger partial charge in [0.15, 0.2) is 0 Å². The third-order valence-corrected chi connectivity index (χ3v) is 2.26. The SMILES string of the molecule is CC(Nc1cc(N)nc(N)n1)c1ccccn1. The molecule has 2 rings (SSSR count). The van der Waals surface area contributed by atoms with Crippen molar-refractivity contribution in [1.29, 1.82) is 0 Å². The number of hydrogen-bond donors (Lipinski definition) is 3. The Morgan fingerprint density at radius 3 is 2.71 bits per heavy atom. The van der Waals surface area contributed by atoms with Gasteiger partial charge in [0, 0.05) is 12.3 Å². The summed E-state index contributed by atoms with van der Waals surface area (Å²) in [4.78, 5) is 12.1. The Morgan fingerprint density at radius 2 is 2.06 bits per heavy atom. The Morgan fingerprint density at radius 1 is 1.24 bits per heavy atom. The van der Waals surface area contributed by atoms with Crippen molar-refractivity contribution in [3.8, 4) is 0 Å². The van der Waals surface area contributed by atoms with Crippen LogP contribution in [-0.4, -0.2) is 15.0 Å². The molecule has 2 heterocycles. The minimum Gasteiger partial charge on any atom is -0.383 e. The lowest BCUT2D eigenvalue weighted by atomic mass is 10.2.